The summed E-state index contributed by atoms with van der Waals surface area (Å²) in [5.41, 5.74) is 12.5. The normalized spacial score (nSPS) is 26.0. The summed E-state index contributed by atoms with van der Waals surface area (Å²) in [4.78, 5) is 45.9. The lowest BCUT2D eigenvalue weighted by Gasteiger charge is -2.31. The number of nitrogens with one attached hydrogen (secondary N) is 2. The van der Waals surface area contributed by atoms with Crippen LogP contribution in [-0.2, 0) is 34.4 Å². The molecule has 3 aliphatic heterocycles. The van der Waals surface area contributed by atoms with E-state index in [0.29, 0.717) is 38.0 Å². The van der Waals surface area contributed by atoms with Crippen molar-refractivity contribution in [3.05, 3.63) is 58.8 Å². The van der Waals surface area contributed by atoms with Crippen LogP contribution < -0.4 is 21.3 Å². The highest BCUT2D eigenvalue weighted by molar-refractivity contribution is 6.08. The molecule has 182 valence electrons. The van der Waals surface area contributed by atoms with Crippen LogP contribution in [0.5, 0.6) is 0 Å². The summed E-state index contributed by atoms with van der Waals surface area (Å²) >= 11 is 0. The molecule has 7 rings (SSSR count). The summed E-state index contributed by atoms with van der Waals surface area (Å²) in [6.45, 7) is 3.45. The van der Waals surface area contributed by atoms with Gasteiger partial charge in [-0.25, -0.2) is 4.79 Å². The van der Waals surface area contributed by atoms with Crippen molar-refractivity contribution in [3.8, 4) is 0 Å². The third-order valence-corrected chi connectivity index (χ3v) is 8.49. The number of nitrogen functional groups attached to an aromatic ring is 1. The lowest BCUT2D eigenvalue weighted by molar-refractivity contribution is -0.125. The molecule has 0 saturated carbocycles. The van der Waals surface area contributed by atoms with Crippen molar-refractivity contribution in [2.75, 3.05) is 29.5 Å². The molecule has 4 aliphatic rings. The standard InChI is InChI=1S/C27H26N6O3/c1-26-11-21(34)30-23-18(28)5-6-20(22(23)26)33(13-26)12-17-4-3-14-7-15-9-27(10-16(15)8-19(14)29-17)24(35)31-25(36)32(27)2/h3-8H,9-13,28H2,1-2H3,(H,30,34)(H,31,35,36). The Hall–Kier alpha value is -4.14. The number of amides is 4. The van der Waals surface area contributed by atoms with Gasteiger partial charge in [0.1, 0.15) is 5.54 Å². The number of benzene rings is 2. The number of rotatable bonds is 2. The van der Waals surface area contributed by atoms with E-state index in [-0.39, 0.29) is 23.3 Å². The zero-order chi connectivity index (χ0) is 25.0. The van der Waals surface area contributed by atoms with Gasteiger partial charge in [-0.3, -0.25) is 19.9 Å². The molecule has 1 spiro atoms. The summed E-state index contributed by atoms with van der Waals surface area (Å²) in [6.07, 6.45) is 1.42. The van der Waals surface area contributed by atoms with Crippen LogP contribution in [0, 0.1) is 0 Å². The lowest BCUT2D eigenvalue weighted by Crippen LogP contribution is -2.48. The van der Waals surface area contributed by atoms with Gasteiger partial charge in [-0.15, -0.1) is 0 Å². The van der Waals surface area contributed by atoms with Crippen molar-refractivity contribution in [1.29, 1.82) is 0 Å². The smallest absolute Gasteiger partial charge is 0.324 e. The molecular formula is C27H26N6O3. The fourth-order valence-electron chi connectivity index (χ4n) is 6.68. The Morgan fingerprint density at radius 1 is 1.03 bits per heavy atom. The van der Waals surface area contributed by atoms with E-state index >= 15 is 0 Å². The average Bonchev–Trinajstić information content (AvgIpc) is 3.40. The molecule has 2 unspecified atom stereocenters. The second-order valence-corrected chi connectivity index (χ2v) is 10.9. The molecule has 2 atom stereocenters. The van der Waals surface area contributed by atoms with E-state index in [1.807, 2.05) is 18.2 Å². The van der Waals surface area contributed by atoms with Crippen molar-refractivity contribution in [2.24, 2.45) is 0 Å². The van der Waals surface area contributed by atoms with Crippen molar-refractivity contribution in [1.82, 2.24) is 15.2 Å². The van der Waals surface area contributed by atoms with Crippen LogP contribution in [0.2, 0.25) is 0 Å². The Morgan fingerprint density at radius 2 is 1.81 bits per heavy atom. The molecule has 1 aromatic heterocycles. The number of likely N-dealkylation sites (N-methyl/N-ethyl adjacent to an activating group) is 1. The number of carbonyl (C=O) groups is 3. The minimum Gasteiger partial charge on any atom is -0.397 e. The molecular weight excluding hydrogens is 456 g/mol. The van der Waals surface area contributed by atoms with Crippen LogP contribution in [-0.4, -0.2) is 46.9 Å². The zero-order valence-corrected chi connectivity index (χ0v) is 20.1. The number of hydrogen-bond donors (Lipinski definition) is 3. The van der Waals surface area contributed by atoms with Crippen LogP contribution in [0.3, 0.4) is 0 Å². The van der Waals surface area contributed by atoms with Gasteiger partial charge in [0, 0.05) is 54.9 Å². The van der Waals surface area contributed by atoms with Gasteiger partial charge in [-0.1, -0.05) is 13.0 Å². The molecule has 4 amide bonds. The van der Waals surface area contributed by atoms with Gasteiger partial charge < -0.3 is 20.9 Å². The maximum absolute atomic E-state index is 12.6. The number of carbonyl (C=O) groups excluding carboxylic acids is 3. The topological polar surface area (TPSA) is 121 Å². The molecule has 0 radical (unpaired) electrons. The Morgan fingerprint density at radius 3 is 2.56 bits per heavy atom. The summed E-state index contributed by atoms with van der Waals surface area (Å²) in [7, 11) is 1.68. The van der Waals surface area contributed by atoms with Gasteiger partial charge in [0.05, 0.1) is 29.1 Å². The highest BCUT2D eigenvalue weighted by atomic mass is 16.2. The molecule has 0 bridgehead atoms. The van der Waals surface area contributed by atoms with Crippen molar-refractivity contribution >= 4 is 45.8 Å². The molecule has 4 N–H and O–H groups in total. The highest BCUT2D eigenvalue weighted by Gasteiger charge is 2.54. The number of pyridine rings is 1. The largest absolute Gasteiger partial charge is 0.397 e. The fraction of sp³-hybridized carbons (Fsp3) is 0.333. The number of fused-ring (bicyclic) bond motifs is 2. The van der Waals surface area contributed by atoms with Crippen LogP contribution in [0.25, 0.3) is 10.9 Å². The average molecular weight is 483 g/mol. The number of nitrogens with zero attached hydrogens (tertiary/aromatic N) is 3. The van der Waals surface area contributed by atoms with Gasteiger partial charge in [0.25, 0.3) is 5.91 Å². The van der Waals surface area contributed by atoms with E-state index in [4.69, 9.17) is 10.7 Å². The quantitative estimate of drug-likeness (QED) is 0.381. The molecule has 9 heteroatoms. The van der Waals surface area contributed by atoms with Crippen LogP contribution in [0.4, 0.5) is 21.9 Å². The summed E-state index contributed by atoms with van der Waals surface area (Å²) in [6, 6.07) is 11.8. The van der Waals surface area contributed by atoms with Gasteiger partial charge in [-0.2, -0.15) is 0 Å². The fourth-order valence-corrected chi connectivity index (χ4v) is 6.68. The Bertz CT molecular complexity index is 1550. The Labute approximate surface area is 207 Å². The molecule has 3 aromatic rings. The van der Waals surface area contributed by atoms with E-state index < -0.39 is 5.54 Å². The minimum absolute atomic E-state index is 0.00514. The van der Waals surface area contributed by atoms with E-state index in [0.717, 1.165) is 44.7 Å². The monoisotopic (exact) mass is 482 g/mol. The third kappa shape index (κ3) is 2.71. The number of aromatic nitrogens is 1. The predicted octanol–water partition coefficient (Wildman–Crippen LogP) is 2.46. The SMILES string of the molecule is CN1C(=O)NC(=O)C12Cc1cc3ccc(CN4CC5(C)CC(=O)Nc6c(N)ccc4c65)nc3cc1C2. The molecule has 1 fully saturated rings. The second-order valence-electron chi connectivity index (χ2n) is 10.9. The highest BCUT2D eigenvalue weighted by Crippen LogP contribution is 2.51. The molecule has 36 heavy (non-hydrogen) atoms. The first-order valence-corrected chi connectivity index (χ1v) is 12.2. The molecule has 9 nitrogen and oxygen atoms in total. The summed E-state index contributed by atoms with van der Waals surface area (Å²) < 4.78 is 0. The number of anilines is 3. The number of nitrogens with two attached hydrogens (primary N) is 1. The van der Waals surface area contributed by atoms with Gasteiger partial charge in [-0.05, 0) is 41.5 Å². The van der Waals surface area contributed by atoms with Gasteiger partial charge in [0.2, 0.25) is 5.91 Å². The number of hydrogen-bond acceptors (Lipinski definition) is 6. The first-order chi connectivity index (χ1) is 17.2. The Kier molecular flexibility index (Phi) is 3.97. The molecule has 1 saturated heterocycles. The lowest BCUT2D eigenvalue weighted by atomic mass is 9.77. The zero-order valence-electron chi connectivity index (χ0n) is 20.1. The number of urea groups is 1. The maximum Gasteiger partial charge on any atom is 0.324 e. The third-order valence-electron chi connectivity index (χ3n) is 8.49. The van der Waals surface area contributed by atoms with Gasteiger partial charge >= 0.3 is 6.03 Å². The first-order valence-electron chi connectivity index (χ1n) is 12.2. The van der Waals surface area contributed by atoms with Crippen molar-refractivity contribution < 1.29 is 14.4 Å². The Balaban J connectivity index is 1.22. The van der Waals surface area contributed by atoms with Crippen LogP contribution in [0.15, 0.2) is 36.4 Å². The van der Waals surface area contributed by atoms with Crippen molar-refractivity contribution in [2.45, 2.75) is 43.7 Å². The second kappa shape index (κ2) is 6.75. The molecule has 1 aliphatic carbocycles. The van der Waals surface area contributed by atoms with Crippen molar-refractivity contribution in [3.63, 3.8) is 0 Å². The van der Waals surface area contributed by atoms with E-state index in [9.17, 15) is 14.4 Å². The van der Waals surface area contributed by atoms with Gasteiger partial charge in [0.15, 0.2) is 0 Å². The predicted molar refractivity (Wildman–Crippen MR) is 136 cm³/mol. The van der Waals surface area contributed by atoms with E-state index in [2.05, 4.69) is 40.7 Å². The summed E-state index contributed by atoms with van der Waals surface area (Å²) in [5, 5.41) is 6.43. The molecule has 4 heterocycles. The van der Waals surface area contributed by atoms with E-state index in [1.165, 1.54) is 4.90 Å². The van der Waals surface area contributed by atoms with Crippen LogP contribution >= 0.6 is 0 Å². The first kappa shape index (κ1) is 21.2. The molecule has 2 aromatic carbocycles. The number of imide groups is 1. The maximum atomic E-state index is 12.6. The van der Waals surface area contributed by atoms with Crippen LogP contribution in [0.1, 0.15) is 35.7 Å². The summed E-state index contributed by atoms with van der Waals surface area (Å²) in [5.74, 6) is -0.237. The van der Waals surface area contributed by atoms with E-state index in [1.54, 1.807) is 7.05 Å². The minimum atomic E-state index is -0.847.